The number of carbonyl (C=O) groups is 3. The van der Waals surface area contributed by atoms with Crippen LogP contribution in [0.25, 0.3) is 0 Å². The van der Waals surface area contributed by atoms with Crippen LogP contribution in [0.4, 0.5) is 0 Å². The van der Waals surface area contributed by atoms with Gasteiger partial charge in [-0.2, -0.15) is 0 Å². The fourth-order valence-electron chi connectivity index (χ4n) is 3.12. The molecule has 1 aliphatic carbocycles. The van der Waals surface area contributed by atoms with E-state index in [2.05, 4.69) is 0 Å². The molecule has 1 saturated heterocycles. The molecule has 1 N–H and O–H groups in total. The highest BCUT2D eigenvalue weighted by atomic mass is 16.4. The van der Waals surface area contributed by atoms with Crippen LogP contribution in [0.2, 0.25) is 0 Å². The number of ketones is 1. The number of aliphatic carboxylic acids is 1. The number of Topliss-reactive ketones (excluding diaryl/α,β-unsaturated/α-hetero) is 1. The molecule has 0 radical (unpaired) electrons. The second-order valence-corrected chi connectivity index (χ2v) is 5.60. The molecule has 1 atom stereocenters. The predicted molar refractivity (Wildman–Crippen MR) is 73.1 cm³/mol. The molecule has 1 saturated carbocycles. The van der Waals surface area contributed by atoms with Gasteiger partial charge in [0, 0.05) is 18.5 Å². The zero-order valence-electron chi connectivity index (χ0n) is 11.6. The van der Waals surface area contributed by atoms with Crippen molar-refractivity contribution in [3.8, 4) is 0 Å². The van der Waals surface area contributed by atoms with Crippen LogP contribution in [0, 0.1) is 5.92 Å². The highest BCUT2D eigenvalue weighted by Gasteiger charge is 2.34. The Balaban J connectivity index is 1.99. The average molecular weight is 279 g/mol. The minimum atomic E-state index is -1.03. The van der Waals surface area contributed by atoms with Crippen LogP contribution in [-0.2, 0) is 14.4 Å². The van der Waals surface area contributed by atoms with Crippen molar-refractivity contribution in [3.63, 3.8) is 0 Å². The summed E-state index contributed by atoms with van der Waals surface area (Å²) >= 11 is 0. The first-order valence-electron chi connectivity index (χ1n) is 7.35. The normalized spacial score (nSPS) is 24.2. The van der Waals surface area contributed by atoms with E-state index >= 15 is 0 Å². The van der Waals surface area contributed by atoms with Crippen molar-refractivity contribution in [2.45, 2.75) is 51.0 Å². The van der Waals surface area contributed by atoms with E-state index in [0.29, 0.717) is 6.54 Å². The zero-order chi connectivity index (χ0) is 14.5. The lowest BCUT2D eigenvalue weighted by Crippen LogP contribution is -2.42. The third-order valence-corrected chi connectivity index (χ3v) is 4.21. The Morgan fingerprint density at radius 1 is 1.00 bits per heavy atom. The number of carboxylic acids is 1. The highest BCUT2D eigenvalue weighted by molar-refractivity contribution is 6.37. The molecule has 1 aliphatic heterocycles. The summed E-state index contributed by atoms with van der Waals surface area (Å²) in [4.78, 5) is 36.6. The summed E-state index contributed by atoms with van der Waals surface area (Å²) in [5.41, 5.74) is 0. The number of amides is 1. The molecular weight excluding hydrogens is 258 g/mol. The Kier molecular flexibility index (Phi) is 4.93. The molecule has 0 bridgehead atoms. The number of likely N-dealkylation sites (tertiary alicyclic amines) is 1. The second kappa shape index (κ2) is 6.68. The maximum Gasteiger partial charge on any atom is 0.328 e. The summed E-state index contributed by atoms with van der Waals surface area (Å²) in [5.74, 6) is -1.85. The molecular formula is C15H21NO4. The monoisotopic (exact) mass is 279 g/mol. The van der Waals surface area contributed by atoms with Crippen molar-refractivity contribution in [2.75, 3.05) is 6.54 Å². The maximum absolute atomic E-state index is 12.3. The largest absolute Gasteiger partial charge is 0.478 e. The standard InChI is InChI=1S/C15H21NO4/c17-13(18)9-8-12-7-4-10-16(12)15(20)14(19)11-5-2-1-3-6-11/h8-9,11-12H,1-7,10H2,(H,17,18)/b9-8+. The minimum Gasteiger partial charge on any atom is -0.478 e. The molecule has 5 heteroatoms. The second-order valence-electron chi connectivity index (χ2n) is 5.60. The van der Waals surface area contributed by atoms with Crippen molar-refractivity contribution < 1.29 is 19.5 Å². The molecule has 20 heavy (non-hydrogen) atoms. The summed E-state index contributed by atoms with van der Waals surface area (Å²) in [5, 5.41) is 8.65. The summed E-state index contributed by atoms with van der Waals surface area (Å²) in [7, 11) is 0. The molecule has 2 aliphatic rings. The summed E-state index contributed by atoms with van der Waals surface area (Å²) in [6.07, 6.45) is 8.93. The predicted octanol–water partition coefficient (Wildman–Crippen LogP) is 1.77. The third kappa shape index (κ3) is 3.46. The maximum atomic E-state index is 12.3. The van der Waals surface area contributed by atoms with Crippen molar-refractivity contribution in [1.29, 1.82) is 0 Å². The topological polar surface area (TPSA) is 74.7 Å². The molecule has 2 fully saturated rings. The van der Waals surface area contributed by atoms with Crippen molar-refractivity contribution in [3.05, 3.63) is 12.2 Å². The lowest BCUT2D eigenvalue weighted by molar-refractivity contribution is -0.147. The van der Waals surface area contributed by atoms with E-state index in [-0.39, 0.29) is 17.7 Å². The Morgan fingerprint density at radius 3 is 2.35 bits per heavy atom. The molecule has 0 aromatic rings. The lowest BCUT2D eigenvalue weighted by atomic mass is 9.86. The van der Waals surface area contributed by atoms with Gasteiger partial charge in [-0.3, -0.25) is 9.59 Å². The molecule has 110 valence electrons. The van der Waals surface area contributed by atoms with Gasteiger partial charge in [0.05, 0.1) is 6.04 Å². The first kappa shape index (κ1) is 14.8. The van der Waals surface area contributed by atoms with Crippen LogP contribution in [0.15, 0.2) is 12.2 Å². The molecule has 0 spiro atoms. The molecule has 0 aromatic heterocycles. The van der Waals surface area contributed by atoms with Gasteiger partial charge in [0.15, 0.2) is 0 Å². The SMILES string of the molecule is O=C(O)/C=C/C1CCCN1C(=O)C(=O)C1CCCCC1. The fraction of sp³-hybridized carbons (Fsp3) is 0.667. The number of hydrogen-bond acceptors (Lipinski definition) is 3. The summed E-state index contributed by atoms with van der Waals surface area (Å²) < 4.78 is 0. The molecule has 1 unspecified atom stereocenters. The van der Waals surface area contributed by atoms with Crippen LogP contribution in [0.3, 0.4) is 0 Å². The third-order valence-electron chi connectivity index (χ3n) is 4.21. The summed E-state index contributed by atoms with van der Waals surface area (Å²) in [6, 6.07) is -0.244. The molecule has 0 aromatic carbocycles. The van der Waals surface area contributed by atoms with Crippen LogP contribution in [-0.4, -0.2) is 40.3 Å². The van der Waals surface area contributed by atoms with E-state index in [1.807, 2.05) is 0 Å². The summed E-state index contributed by atoms with van der Waals surface area (Å²) in [6.45, 7) is 0.548. The first-order valence-corrected chi connectivity index (χ1v) is 7.35. The Hall–Kier alpha value is -1.65. The van der Waals surface area contributed by atoms with E-state index in [4.69, 9.17) is 5.11 Å². The minimum absolute atomic E-state index is 0.124. The van der Waals surface area contributed by atoms with Crippen molar-refractivity contribution in [2.24, 2.45) is 5.92 Å². The fourth-order valence-corrected chi connectivity index (χ4v) is 3.12. The van der Waals surface area contributed by atoms with Crippen LogP contribution >= 0.6 is 0 Å². The number of nitrogens with zero attached hydrogens (tertiary/aromatic N) is 1. The zero-order valence-corrected chi connectivity index (χ0v) is 11.6. The number of carboxylic acid groups (broad SMARTS) is 1. The van der Waals surface area contributed by atoms with E-state index in [9.17, 15) is 14.4 Å². The van der Waals surface area contributed by atoms with Crippen LogP contribution < -0.4 is 0 Å². The van der Waals surface area contributed by atoms with E-state index in [1.54, 1.807) is 0 Å². The number of rotatable bonds is 4. The van der Waals surface area contributed by atoms with Crippen molar-refractivity contribution in [1.82, 2.24) is 4.90 Å². The molecule has 2 rings (SSSR count). The van der Waals surface area contributed by atoms with E-state index < -0.39 is 11.9 Å². The highest BCUT2D eigenvalue weighted by Crippen LogP contribution is 2.26. The average Bonchev–Trinajstić information content (AvgIpc) is 2.93. The van der Waals surface area contributed by atoms with Crippen molar-refractivity contribution >= 4 is 17.7 Å². The van der Waals surface area contributed by atoms with Gasteiger partial charge in [0.1, 0.15) is 0 Å². The van der Waals surface area contributed by atoms with E-state index in [1.165, 1.54) is 11.0 Å². The molecule has 1 amide bonds. The molecule has 1 heterocycles. The van der Waals surface area contributed by atoms with Gasteiger partial charge in [-0.05, 0) is 25.7 Å². The van der Waals surface area contributed by atoms with Gasteiger partial charge in [-0.15, -0.1) is 0 Å². The quantitative estimate of drug-likeness (QED) is 0.628. The van der Waals surface area contributed by atoms with Gasteiger partial charge in [-0.25, -0.2) is 4.79 Å². The van der Waals surface area contributed by atoms with Gasteiger partial charge < -0.3 is 10.0 Å². The van der Waals surface area contributed by atoms with Gasteiger partial charge in [0.2, 0.25) is 5.78 Å². The smallest absolute Gasteiger partial charge is 0.328 e. The Morgan fingerprint density at radius 2 is 1.70 bits per heavy atom. The van der Waals surface area contributed by atoms with Crippen LogP contribution in [0.5, 0.6) is 0 Å². The van der Waals surface area contributed by atoms with Crippen LogP contribution in [0.1, 0.15) is 44.9 Å². The van der Waals surface area contributed by atoms with Gasteiger partial charge in [-0.1, -0.05) is 25.3 Å². The van der Waals surface area contributed by atoms with Gasteiger partial charge in [0.25, 0.3) is 5.91 Å². The van der Waals surface area contributed by atoms with Gasteiger partial charge >= 0.3 is 5.97 Å². The number of hydrogen-bond donors (Lipinski definition) is 1. The Labute approximate surface area is 118 Å². The first-order chi connectivity index (χ1) is 9.59. The molecule has 5 nitrogen and oxygen atoms in total. The Bertz CT molecular complexity index is 424. The number of carbonyl (C=O) groups excluding carboxylic acids is 2. The lowest BCUT2D eigenvalue weighted by Gasteiger charge is -2.25. The van der Waals surface area contributed by atoms with E-state index in [0.717, 1.165) is 51.0 Å².